The summed E-state index contributed by atoms with van der Waals surface area (Å²) in [6, 6.07) is 0. The van der Waals surface area contributed by atoms with Crippen LogP contribution in [0.2, 0.25) is 0 Å². The molecule has 120 valence electrons. The predicted molar refractivity (Wildman–Crippen MR) is 77.7 cm³/mol. The minimum atomic E-state index is -0.291. The number of carbonyl (C=O) groups excluding carboxylic acids is 1. The van der Waals surface area contributed by atoms with E-state index in [0.717, 1.165) is 6.61 Å². The van der Waals surface area contributed by atoms with Crippen molar-refractivity contribution in [3.63, 3.8) is 0 Å². The van der Waals surface area contributed by atoms with Crippen molar-refractivity contribution in [1.82, 2.24) is 0 Å². The third-order valence-electron chi connectivity index (χ3n) is 2.47. The maximum absolute atomic E-state index is 10.7. The van der Waals surface area contributed by atoms with E-state index in [9.17, 15) is 4.79 Å². The molecule has 0 saturated heterocycles. The molecule has 5 heteroatoms. The molecular formula is C15H30O5. The SMILES string of the molecule is CC(=O)OCC(C)OCC(C)OCC(C)OCC(C)C. The van der Waals surface area contributed by atoms with E-state index in [1.807, 2.05) is 20.8 Å². The molecule has 20 heavy (non-hydrogen) atoms. The Morgan fingerprint density at radius 2 is 1.15 bits per heavy atom. The molecule has 0 amide bonds. The van der Waals surface area contributed by atoms with Crippen LogP contribution < -0.4 is 0 Å². The molecule has 0 aromatic carbocycles. The van der Waals surface area contributed by atoms with Crippen molar-refractivity contribution in [2.75, 3.05) is 26.4 Å². The van der Waals surface area contributed by atoms with Crippen molar-refractivity contribution in [2.24, 2.45) is 5.92 Å². The molecule has 0 rings (SSSR count). The average Bonchev–Trinajstić information content (AvgIpc) is 2.37. The summed E-state index contributed by atoms with van der Waals surface area (Å²) in [5.74, 6) is 0.237. The van der Waals surface area contributed by atoms with Gasteiger partial charge < -0.3 is 18.9 Å². The highest BCUT2D eigenvalue weighted by molar-refractivity contribution is 5.65. The van der Waals surface area contributed by atoms with Crippen molar-refractivity contribution in [3.8, 4) is 0 Å². The second-order valence-corrected chi connectivity index (χ2v) is 5.63. The summed E-state index contributed by atoms with van der Waals surface area (Å²) in [6.45, 7) is 13.5. The predicted octanol–water partition coefficient (Wildman–Crippen LogP) is 2.42. The molecule has 3 atom stereocenters. The Morgan fingerprint density at radius 1 is 0.750 bits per heavy atom. The highest BCUT2D eigenvalue weighted by Crippen LogP contribution is 2.02. The summed E-state index contributed by atoms with van der Waals surface area (Å²) in [4.78, 5) is 10.7. The van der Waals surface area contributed by atoms with Crippen LogP contribution >= 0.6 is 0 Å². The Hall–Kier alpha value is -0.650. The lowest BCUT2D eigenvalue weighted by atomic mass is 10.2. The lowest BCUT2D eigenvalue weighted by molar-refractivity contribution is -0.146. The minimum Gasteiger partial charge on any atom is -0.463 e. The topological polar surface area (TPSA) is 54.0 Å². The summed E-state index contributed by atoms with van der Waals surface area (Å²) in [5, 5.41) is 0. The Morgan fingerprint density at radius 3 is 1.55 bits per heavy atom. The largest absolute Gasteiger partial charge is 0.463 e. The maximum atomic E-state index is 10.7. The monoisotopic (exact) mass is 290 g/mol. The van der Waals surface area contributed by atoms with Gasteiger partial charge in [0.2, 0.25) is 0 Å². The molecule has 0 spiro atoms. The van der Waals surface area contributed by atoms with Gasteiger partial charge in [-0.05, 0) is 26.7 Å². The van der Waals surface area contributed by atoms with Crippen LogP contribution in [-0.2, 0) is 23.7 Å². The van der Waals surface area contributed by atoms with Crippen LogP contribution in [0.4, 0.5) is 0 Å². The van der Waals surface area contributed by atoms with Crippen LogP contribution in [0.3, 0.4) is 0 Å². The summed E-state index contributed by atoms with van der Waals surface area (Å²) in [5.41, 5.74) is 0. The quantitative estimate of drug-likeness (QED) is 0.547. The normalized spacial score (nSPS) is 15.9. The molecule has 0 aliphatic heterocycles. The maximum Gasteiger partial charge on any atom is 0.302 e. The Labute approximate surface area is 122 Å². The molecule has 5 nitrogen and oxygen atoms in total. The van der Waals surface area contributed by atoms with Crippen LogP contribution in [0.5, 0.6) is 0 Å². The van der Waals surface area contributed by atoms with Gasteiger partial charge in [0, 0.05) is 13.5 Å². The molecule has 0 aromatic rings. The molecular weight excluding hydrogens is 260 g/mol. The molecule has 0 saturated carbocycles. The molecule has 0 fully saturated rings. The number of hydrogen-bond donors (Lipinski definition) is 0. The van der Waals surface area contributed by atoms with Gasteiger partial charge in [0.1, 0.15) is 6.61 Å². The summed E-state index contributed by atoms with van der Waals surface area (Å²) in [6.07, 6.45) is -0.0576. The highest BCUT2D eigenvalue weighted by atomic mass is 16.6. The summed E-state index contributed by atoms with van der Waals surface area (Å²) < 4.78 is 21.7. The van der Waals surface area contributed by atoms with Gasteiger partial charge in [0.25, 0.3) is 0 Å². The van der Waals surface area contributed by atoms with Crippen molar-refractivity contribution < 1.29 is 23.7 Å². The first-order chi connectivity index (χ1) is 9.31. The van der Waals surface area contributed by atoms with Crippen molar-refractivity contribution in [2.45, 2.75) is 59.9 Å². The molecule has 0 radical (unpaired) electrons. The van der Waals surface area contributed by atoms with Crippen molar-refractivity contribution in [1.29, 1.82) is 0 Å². The first kappa shape index (κ1) is 19.4. The van der Waals surface area contributed by atoms with Crippen molar-refractivity contribution >= 4 is 5.97 Å². The highest BCUT2D eigenvalue weighted by Gasteiger charge is 2.11. The summed E-state index contributed by atoms with van der Waals surface area (Å²) in [7, 11) is 0. The Kier molecular flexibility index (Phi) is 10.7. The van der Waals surface area contributed by atoms with Gasteiger partial charge in [-0.3, -0.25) is 4.79 Å². The van der Waals surface area contributed by atoms with E-state index in [4.69, 9.17) is 18.9 Å². The first-order valence-corrected chi connectivity index (χ1v) is 7.29. The first-order valence-electron chi connectivity index (χ1n) is 7.29. The second-order valence-electron chi connectivity index (χ2n) is 5.63. The van der Waals surface area contributed by atoms with E-state index >= 15 is 0 Å². The van der Waals surface area contributed by atoms with E-state index in [-0.39, 0.29) is 30.9 Å². The lowest BCUT2D eigenvalue weighted by Crippen LogP contribution is -2.27. The molecule has 3 unspecified atom stereocenters. The van der Waals surface area contributed by atoms with Gasteiger partial charge in [0.15, 0.2) is 0 Å². The average molecular weight is 290 g/mol. The van der Waals surface area contributed by atoms with E-state index in [0.29, 0.717) is 19.1 Å². The molecule has 0 heterocycles. The number of ether oxygens (including phenoxy) is 4. The van der Waals surface area contributed by atoms with Crippen molar-refractivity contribution in [3.05, 3.63) is 0 Å². The van der Waals surface area contributed by atoms with Crippen LogP contribution in [0, 0.1) is 5.92 Å². The number of rotatable bonds is 11. The number of esters is 1. The second kappa shape index (κ2) is 11.1. The molecule has 0 aliphatic carbocycles. The van der Waals surface area contributed by atoms with E-state index in [1.54, 1.807) is 0 Å². The zero-order valence-corrected chi connectivity index (χ0v) is 13.7. The minimum absolute atomic E-state index is 0.0140. The Bertz CT molecular complexity index is 255. The zero-order valence-electron chi connectivity index (χ0n) is 13.7. The van der Waals surface area contributed by atoms with Gasteiger partial charge >= 0.3 is 5.97 Å². The fraction of sp³-hybridized carbons (Fsp3) is 0.933. The van der Waals surface area contributed by atoms with Crippen LogP contribution in [-0.4, -0.2) is 50.7 Å². The van der Waals surface area contributed by atoms with E-state index in [1.165, 1.54) is 6.92 Å². The van der Waals surface area contributed by atoms with Crippen LogP contribution in [0.25, 0.3) is 0 Å². The fourth-order valence-electron chi connectivity index (χ4n) is 1.34. The van der Waals surface area contributed by atoms with Crippen LogP contribution in [0.15, 0.2) is 0 Å². The number of carbonyl (C=O) groups is 1. The number of hydrogen-bond acceptors (Lipinski definition) is 5. The Balaban J connectivity index is 3.62. The standard InChI is InChI=1S/C15H30O5/c1-11(2)7-17-12(3)8-18-13(4)9-19-14(5)10-20-15(6)16/h11-14H,7-10H2,1-6H3. The smallest absolute Gasteiger partial charge is 0.302 e. The van der Waals surface area contributed by atoms with Gasteiger partial charge in [-0.1, -0.05) is 13.8 Å². The third-order valence-corrected chi connectivity index (χ3v) is 2.47. The van der Waals surface area contributed by atoms with E-state index < -0.39 is 0 Å². The molecule has 0 N–H and O–H groups in total. The zero-order chi connectivity index (χ0) is 15.5. The van der Waals surface area contributed by atoms with Gasteiger partial charge in [-0.2, -0.15) is 0 Å². The molecule has 0 aromatic heterocycles. The third kappa shape index (κ3) is 12.4. The van der Waals surface area contributed by atoms with E-state index in [2.05, 4.69) is 13.8 Å². The van der Waals surface area contributed by atoms with Crippen LogP contribution in [0.1, 0.15) is 41.5 Å². The summed E-state index contributed by atoms with van der Waals surface area (Å²) >= 11 is 0. The van der Waals surface area contributed by atoms with Gasteiger partial charge in [0.05, 0.1) is 31.5 Å². The lowest BCUT2D eigenvalue weighted by Gasteiger charge is -2.20. The van der Waals surface area contributed by atoms with Gasteiger partial charge in [-0.15, -0.1) is 0 Å². The fourth-order valence-corrected chi connectivity index (χ4v) is 1.34. The van der Waals surface area contributed by atoms with Gasteiger partial charge in [-0.25, -0.2) is 0 Å². The molecule has 0 aliphatic rings. The molecule has 0 bridgehead atoms.